The van der Waals surface area contributed by atoms with E-state index in [2.05, 4.69) is 20.9 Å². The van der Waals surface area contributed by atoms with E-state index in [1.807, 2.05) is 0 Å². The molecule has 74 valence electrons. The van der Waals surface area contributed by atoms with Crippen LogP contribution in [-0.4, -0.2) is 11.2 Å². The highest BCUT2D eigenvalue weighted by molar-refractivity contribution is 9.10. The molecule has 6 heteroatoms. The predicted octanol–water partition coefficient (Wildman–Crippen LogP) is 2.27. The van der Waals surface area contributed by atoms with E-state index >= 15 is 0 Å². The third-order valence-electron chi connectivity index (χ3n) is 1.54. The van der Waals surface area contributed by atoms with Crippen LogP contribution in [0.25, 0.3) is 0 Å². The summed E-state index contributed by atoms with van der Waals surface area (Å²) in [5.74, 6) is -2.66. The van der Waals surface area contributed by atoms with Gasteiger partial charge in [-0.3, -0.25) is 0 Å². The minimum atomic E-state index is -0.977. The van der Waals surface area contributed by atoms with Gasteiger partial charge in [0.1, 0.15) is 5.82 Å². The average Bonchev–Trinajstić information content (AvgIpc) is 2.15. The highest BCUT2D eigenvalue weighted by Gasteiger charge is 2.16. The number of phenolic OH excluding ortho intramolecular Hbond substituents is 1. The van der Waals surface area contributed by atoms with E-state index in [0.717, 1.165) is 6.07 Å². The van der Waals surface area contributed by atoms with Crippen molar-refractivity contribution in [2.45, 2.75) is 6.54 Å². The van der Waals surface area contributed by atoms with Gasteiger partial charge in [0.2, 0.25) is 6.08 Å². The third-order valence-corrected chi connectivity index (χ3v) is 2.12. The van der Waals surface area contributed by atoms with Gasteiger partial charge in [0.05, 0.1) is 16.6 Å². The van der Waals surface area contributed by atoms with Crippen LogP contribution in [0.5, 0.6) is 5.75 Å². The smallest absolute Gasteiger partial charge is 0.235 e. The van der Waals surface area contributed by atoms with Crippen molar-refractivity contribution >= 4 is 22.0 Å². The number of benzene rings is 1. The van der Waals surface area contributed by atoms with Gasteiger partial charge in [-0.15, -0.1) is 0 Å². The van der Waals surface area contributed by atoms with Gasteiger partial charge in [0.15, 0.2) is 11.6 Å². The van der Waals surface area contributed by atoms with Gasteiger partial charge in [-0.1, -0.05) is 0 Å². The van der Waals surface area contributed by atoms with Crippen molar-refractivity contribution in [2.75, 3.05) is 0 Å². The quantitative estimate of drug-likeness (QED) is 0.506. The molecule has 0 heterocycles. The van der Waals surface area contributed by atoms with Crippen LogP contribution in [0.3, 0.4) is 0 Å². The van der Waals surface area contributed by atoms with Crippen LogP contribution >= 0.6 is 15.9 Å². The first kappa shape index (κ1) is 10.8. The lowest BCUT2D eigenvalue weighted by Gasteiger charge is -2.05. The van der Waals surface area contributed by atoms with Crippen molar-refractivity contribution in [1.82, 2.24) is 0 Å². The lowest BCUT2D eigenvalue weighted by atomic mass is 10.2. The minimum absolute atomic E-state index is 0.135. The van der Waals surface area contributed by atoms with E-state index in [-0.39, 0.29) is 10.0 Å². The molecule has 14 heavy (non-hydrogen) atoms. The first-order chi connectivity index (χ1) is 6.57. The van der Waals surface area contributed by atoms with E-state index in [1.165, 1.54) is 6.08 Å². The summed E-state index contributed by atoms with van der Waals surface area (Å²) in [5, 5.41) is 9.10. The third kappa shape index (κ3) is 1.97. The first-order valence-corrected chi connectivity index (χ1v) is 4.26. The molecule has 0 aromatic heterocycles. The standard InChI is InChI=1S/C8H4BrF2NO2/c9-5-1-6(10)8(14)4(7(5)11)2-12-3-13/h1,14H,2H2. The Morgan fingerprint density at radius 3 is 2.79 bits per heavy atom. The molecule has 3 nitrogen and oxygen atoms in total. The molecular weight excluding hydrogens is 260 g/mol. The molecule has 0 fully saturated rings. The normalized spacial score (nSPS) is 9.64. The largest absolute Gasteiger partial charge is 0.505 e. The summed E-state index contributed by atoms with van der Waals surface area (Å²) in [4.78, 5) is 12.8. The number of halogens is 3. The number of carbonyl (C=O) groups excluding carboxylic acids is 1. The maximum absolute atomic E-state index is 13.2. The Morgan fingerprint density at radius 2 is 2.21 bits per heavy atom. The second-order valence-electron chi connectivity index (χ2n) is 2.39. The van der Waals surface area contributed by atoms with E-state index in [0.29, 0.717) is 0 Å². The Hall–Kier alpha value is -1.26. The summed E-state index contributed by atoms with van der Waals surface area (Å²) in [7, 11) is 0. The maximum Gasteiger partial charge on any atom is 0.235 e. The van der Waals surface area contributed by atoms with Gasteiger partial charge in [-0.2, -0.15) is 0 Å². The zero-order valence-corrected chi connectivity index (χ0v) is 8.31. The summed E-state index contributed by atoms with van der Waals surface area (Å²) in [5.41, 5.74) is -0.375. The lowest BCUT2D eigenvalue weighted by Crippen LogP contribution is -1.94. The Kier molecular flexibility index (Phi) is 3.33. The molecule has 0 unspecified atom stereocenters. The van der Waals surface area contributed by atoms with Crippen LogP contribution in [0.1, 0.15) is 5.56 Å². The molecule has 0 aliphatic heterocycles. The van der Waals surface area contributed by atoms with E-state index in [4.69, 9.17) is 5.11 Å². The molecule has 0 atom stereocenters. The van der Waals surface area contributed by atoms with Gasteiger partial charge in [0.25, 0.3) is 0 Å². The Balaban J connectivity index is 3.31. The van der Waals surface area contributed by atoms with E-state index < -0.39 is 23.9 Å². The molecule has 1 N–H and O–H groups in total. The number of hydrogen-bond donors (Lipinski definition) is 1. The van der Waals surface area contributed by atoms with Gasteiger partial charge in [0, 0.05) is 0 Å². The fourth-order valence-electron chi connectivity index (χ4n) is 0.891. The van der Waals surface area contributed by atoms with Crippen LogP contribution in [0.2, 0.25) is 0 Å². The predicted molar refractivity (Wildman–Crippen MR) is 47.5 cm³/mol. The molecule has 0 saturated heterocycles. The molecule has 0 amide bonds. The van der Waals surface area contributed by atoms with E-state index in [1.54, 1.807) is 0 Å². The fraction of sp³-hybridized carbons (Fsp3) is 0.125. The molecule has 0 spiro atoms. The molecule has 1 aromatic rings. The summed E-state index contributed by atoms with van der Waals surface area (Å²) in [6.45, 7) is -0.447. The molecule has 0 aliphatic rings. The number of nitrogens with zero attached hydrogens (tertiary/aromatic N) is 1. The van der Waals surface area contributed by atoms with Crippen LogP contribution in [0.15, 0.2) is 15.5 Å². The number of hydrogen-bond acceptors (Lipinski definition) is 3. The van der Waals surface area contributed by atoms with Crippen LogP contribution in [0.4, 0.5) is 8.78 Å². The van der Waals surface area contributed by atoms with Crippen LogP contribution in [0, 0.1) is 11.6 Å². The maximum atomic E-state index is 13.2. The second-order valence-corrected chi connectivity index (χ2v) is 3.24. The Labute approximate surface area is 86.2 Å². The Morgan fingerprint density at radius 1 is 1.57 bits per heavy atom. The molecule has 1 aromatic carbocycles. The molecule has 1 rings (SSSR count). The SMILES string of the molecule is O=C=NCc1c(O)c(F)cc(Br)c1F. The fourth-order valence-corrected chi connectivity index (χ4v) is 1.33. The van der Waals surface area contributed by atoms with Crippen molar-refractivity contribution in [3.05, 3.63) is 27.7 Å². The highest BCUT2D eigenvalue weighted by Crippen LogP contribution is 2.30. The average molecular weight is 264 g/mol. The number of aliphatic imine (C=N–C) groups is 1. The number of phenols is 1. The van der Waals surface area contributed by atoms with Gasteiger partial charge in [-0.25, -0.2) is 18.6 Å². The summed E-state index contributed by atoms with van der Waals surface area (Å²) < 4.78 is 25.9. The monoisotopic (exact) mass is 263 g/mol. The number of rotatable bonds is 2. The first-order valence-electron chi connectivity index (χ1n) is 3.47. The van der Waals surface area contributed by atoms with Crippen molar-refractivity contribution in [2.24, 2.45) is 4.99 Å². The Bertz CT molecular complexity index is 390. The highest BCUT2D eigenvalue weighted by atomic mass is 79.9. The van der Waals surface area contributed by atoms with Crippen molar-refractivity contribution in [1.29, 1.82) is 0 Å². The van der Waals surface area contributed by atoms with Gasteiger partial charge in [-0.05, 0) is 22.0 Å². The summed E-state index contributed by atoms with van der Waals surface area (Å²) in [6, 6.07) is 0.790. The lowest BCUT2D eigenvalue weighted by molar-refractivity contribution is 0.417. The number of isocyanates is 1. The minimum Gasteiger partial charge on any atom is -0.505 e. The topological polar surface area (TPSA) is 49.7 Å². The van der Waals surface area contributed by atoms with Crippen LogP contribution < -0.4 is 0 Å². The number of aromatic hydroxyl groups is 1. The van der Waals surface area contributed by atoms with Gasteiger partial charge >= 0.3 is 0 Å². The zero-order valence-electron chi connectivity index (χ0n) is 6.72. The molecular formula is C8H4BrF2NO2. The van der Waals surface area contributed by atoms with Crippen molar-refractivity contribution in [3.63, 3.8) is 0 Å². The second kappa shape index (κ2) is 4.30. The van der Waals surface area contributed by atoms with Crippen molar-refractivity contribution < 1.29 is 18.7 Å². The van der Waals surface area contributed by atoms with Gasteiger partial charge < -0.3 is 5.11 Å². The molecule has 0 aliphatic carbocycles. The molecule has 0 radical (unpaired) electrons. The van der Waals surface area contributed by atoms with E-state index in [9.17, 15) is 13.6 Å². The molecule has 0 bridgehead atoms. The summed E-state index contributed by atoms with van der Waals surface area (Å²) in [6.07, 6.45) is 1.17. The van der Waals surface area contributed by atoms with Crippen molar-refractivity contribution in [3.8, 4) is 5.75 Å². The zero-order chi connectivity index (χ0) is 10.7. The molecule has 0 saturated carbocycles. The van der Waals surface area contributed by atoms with Crippen LogP contribution in [-0.2, 0) is 11.3 Å². The summed E-state index contributed by atoms with van der Waals surface area (Å²) >= 11 is 2.76.